The molecule has 0 bridgehead atoms. The fourth-order valence-electron chi connectivity index (χ4n) is 3.70. The van der Waals surface area contributed by atoms with Gasteiger partial charge in [-0.3, -0.25) is 19.3 Å². The number of nitrogens with one attached hydrogen (secondary N) is 1. The van der Waals surface area contributed by atoms with E-state index in [0.29, 0.717) is 9.88 Å². The van der Waals surface area contributed by atoms with Crippen molar-refractivity contribution in [1.29, 1.82) is 0 Å². The number of rotatable bonds is 5. The van der Waals surface area contributed by atoms with Crippen molar-refractivity contribution in [2.75, 3.05) is 19.0 Å². The number of methoxy groups -OCH3 is 1. The number of hydrogen-bond donors (Lipinski definition) is 1. The van der Waals surface area contributed by atoms with Crippen molar-refractivity contribution >= 4 is 40.0 Å². The van der Waals surface area contributed by atoms with Crippen LogP contribution in [0.25, 0.3) is 0 Å². The standard InChI is InChI=1S/C18H22N2O5S/c1-10-9-14(26-15(10)18(24)25-2)19-13(21)7-8-20-16(22)11-5-3-4-6-12(11)17(20)23/h9,11-12H,3-8H2,1-2H3,(H,19,21)/t11-,12-/m0/s1. The van der Waals surface area contributed by atoms with Crippen LogP contribution in [-0.2, 0) is 19.1 Å². The lowest BCUT2D eigenvalue weighted by Crippen LogP contribution is -2.34. The number of ether oxygens (including phenoxy) is 1. The van der Waals surface area contributed by atoms with E-state index in [1.807, 2.05) is 0 Å². The maximum atomic E-state index is 12.4. The molecule has 2 atom stereocenters. The molecule has 2 fully saturated rings. The Balaban J connectivity index is 1.57. The van der Waals surface area contributed by atoms with Crippen LogP contribution in [0.15, 0.2) is 6.07 Å². The van der Waals surface area contributed by atoms with Gasteiger partial charge in [-0.1, -0.05) is 12.8 Å². The SMILES string of the molecule is COC(=O)c1sc(NC(=O)CCN2C(=O)[C@H]3CCCC[C@@H]3C2=O)cc1C. The highest BCUT2D eigenvalue weighted by Crippen LogP contribution is 2.38. The predicted molar refractivity (Wildman–Crippen MR) is 95.8 cm³/mol. The molecule has 8 heteroatoms. The highest BCUT2D eigenvalue weighted by molar-refractivity contribution is 7.18. The smallest absolute Gasteiger partial charge is 0.348 e. The number of esters is 1. The van der Waals surface area contributed by atoms with Crippen LogP contribution in [0.3, 0.4) is 0 Å². The van der Waals surface area contributed by atoms with E-state index >= 15 is 0 Å². The van der Waals surface area contributed by atoms with Gasteiger partial charge < -0.3 is 10.1 Å². The summed E-state index contributed by atoms with van der Waals surface area (Å²) in [6.45, 7) is 1.87. The summed E-state index contributed by atoms with van der Waals surface area (Å²) in [4.78, 5) is 50.3. The molecule has 3 rings (SSSR count). The van der Waals surface area contributed by atoms with E-state index in [0.717, 1.165) is 42.6 Å². The topological polar surface area (TPSA) is 92.8 Å². The average Bonchev–Trinajstić information content (AvgIpc) is 3.11. The fraction of sp³-hybridized carbons (Fsp3) is 0.556. The van der Waals surface area contributed by atoms with E-state index in [4.69, 9.17) is 4.74 Å². The van der Waals surface area contributed by atoms with Gasteiger partial charge in [0.1, 0.15) is 4.88 Å². The van der Waals surface area contributed by atoms with Crippen LogP contribution >= 0.6 is 11.3 Å². The van der Waals surface area contributed by atoms with Gasteiger partial charge in [0.15, 0.2) is 0 Å². The molecular weight excluding hydrogens is 356 g/mol. The lowest BCUT2D eigenvalue weighted by Gasteiger charge is -2.19. The number of hydrogen-bond acceptors (Lipinski definition) is 6. The number of imide groups is 1. The molecule has 7 nitrogen and oxygen atoms in total. The lowest BCUT2D eigenvalue weighted by atomic mass is 9.81. The number of thiophene rings is 1. The van der Waals surface area contributed by atoms with Gasteiger partial charge in [0.2, 0.25) is 17.7 Å². The lowest BCUT2D eigenvalue weighted by molar-refractivity contribution is -0.140. The molecule has 1 saturated heterocycles. The maximum absolute atomic E-state index is 12.4. The van der Waals surface area contributed by atoms with Crippen LogP contribution in [0.1, 0.15) is 47.3 Å². The summed E-state index contributed by atoms with van der Waals surface area (Å²) < 4.78 is 4.70. The van der Waals surface area contributed by atoms with Gasteiger partial charge in [-0.15, -0.1) is 11.3 Å². The van der Waals surface area contributed by atoms with Crippen LogP contribution in [0.2, 0.25) is 0 Å². The molecule has 0 aromatic carbocycles. The summed E-state index contributed by atoms with van der Waals surface area (Å²) in [6.07, 6.45) is 3.54. The summed E-state index contributed by atoms with van der Waals surface area (Å²) in [7, 11) is 1.31. The van der Waals surface area contributed by atoms with Crippen LogP contribution in [-0.4, -0.2) is 42.2 Å². The van der Waals surface area contributed by atoms with E-state index in [1.165, 1.54) is 12.0 Å². The first kappa shape index (κ1) is 18.6. The van der Waals surface area contributed by atoms with Crippen LogP contribution < -0.4 is 5.32 Å². The molecule has 1 aromatic heterocycles. The third kappa shape index (κ3) is 3.51. The summed E-state index contributed by atoms with van der Waals surface area (Å²) >= 11 is 1.14. The average molecular weight is 378 g/mol. The Bertz CT molecular complexity index is 733. The Morgan fingerprint density at radius 1 is 1.23 bits per heavy atom. The molecule has 3 amide bonds. The van der Waals surface area contributed by atoms with Crippen molar-refractivity contribution in [3.05, 3.63) is 16.5 Å². The fourth-order valence-corrected chi connectivity index (χ4v) is 4.71. The molecule has 1 N–H and O–H groups in total. The molecule has 1 saturated carbocycles. The van der Waals surface area contributed by atoms with Crippen molar-refractivity contribution in [2.45, 2.75) is 39.0 Å². The molecule has 2 aliphatic rings. The molecule has 1 aromatic rings. The molecular formula is C18H22N2O5S. The van der Waals surface area contributed by atoms with Crippen molar-refractivity contribution in [2.24, 2.45) is 11.8 Å². The van der Waals surface area contributed by atoms with Crippen molar-refractivity contribution in [1.82, 2.24) is 4.90 Å². The van der Waals surface area contributed by atoms with Gasteiger partial charge in [0.25, 0.3) is 0 Å². The first-order chi connectivity index (χ1) is 12.4. The predicted octanol–water partition coefficient (Wildman–Crippen LogP) is 2.35. The van der Waals surface area contributed by atoms with Gasteiger partial charge >= 0.3 is 5.97 Å². The van der Waals surface area contributed by atoms with Crippen molar-refractivity contribution in [3.8, 4) is 0 Å². The summed E-state index contributed by atoms with van der Waals surface area (Å²) in [5, 5.41) is 3.26. The Morgan fingerprint density at radius 3 is 2.42 bits per heavy atom. The van der Waals surface area contributed by atoms with Crippen LogP contribution in [0, 0.1) is 18.8 Å². The summed E-state index contributed by atoms with van der Waals surface area (Å²) in [5.74, 6) is -1.38. The highest BCUT2D eigenvalue weighted by Gasteiger charge is 2.47. The number of fused-ring (bicyclic) bond motifs is 1. The first-order valence-electron chi connectivity index (χ1n) is 8.76. The van der Waals surface area contributed by atoms with Crippen molar-refractivity contribution in [3.63, 3.8) is 0 Å². The van der Waals surface area contributed by atoms with Crippen LogP contribution in [0.4, 0.5) is 5.00 Å². The summed E-state index contributed by atoms with van der Waals surface area (Å²) in [6, 6.07) is 1.70. The van der Waals surface area contributed by atoms with Gasteiger partial charge in [0.05, 0.1) is 23.9 Å². The van der Waals surface area contributed by atoms with E-state index in [9.17, 15) is 19.2 Å². The number of anilines is 1. The third-order valence-electron chi connectivity index (χ3n) is 5.05. The molecule has 140 valence electrons. The monoisotopic (exact) mass is 378 g/mol. The Labute approximate surface area is 155 Å². The minimum atomic E-state index is -0.441. The molecule has 1 aliphatic carbocycles. The van der Waals surface area contributed by atoms with Gasteiger partial charge in [-0.2, -0.15) is 0 Å². The zero-order valence-corrected chi connectivity index (χ0v) is 15.7. The van der Waals surface area contributed by atoms with Gasteiger partial charge in [0, 0.05) is 13.0 Å². The Hall–Kier alpha value is -2.22. The molecule has 2 heterocycles. The van der Waals surface area contributed by atoms with E-state index < -0.39 is 5.97 Å². The molecule has 0 unspecified atom stereocenters. The highest BCUT2D eigenvalue weighted by atomic mass is 32.1. The largest absolute Gasteiger partial charge is 0.465 e. The van der Waals surface area contributed by atoms with E-state index in [1.54, 1.807) is 13.0 Å². The van der Waals surface area contributed by atoms with E-state index in [-0.39, 0.29) is 42.5 Å². The number of carbonyl (C=O) groups is 4. The van der Waals surface area contributed by atoms with E-state index in [2.05, 4.69) is 5.32 Å². The normalized spacial score (nSPS) is 22.3. The summed E-state index contributed by atoms with van der Waals surface area (Å²) in [5.41, 5.74) is 0.728. The number of carbonyl (C=O) groups excluding carboxylic acids is 4. The number of aryl methyl sites for hydroxylation is 1. The van der Waals surface area contributed by atoms with Gasteiger partial charge in [-0.25, -0.2) is 4.79 Å². The third-order valence-corrected chi connectivity index (χ3v) is 6.18. The Kier molecular flexibility index (Phi) is 5.41. The number of likely N-dealkylation sites (tertiary alicyclic amines) is 1. The van der Waals surface area contributed by atoms with Gasteiger partial charge in [-0.05, 0) is 31.4 Å². The Morgan fingerprint density at radius 2 is 1.85 bits per heavy atom. The maximum Gasteiger partial charge on any atom is 0.348 e. The second-order valence-corrected chi connectivity index (χ2v) is 7.79. The molecule has 1 aliphatic heterocycles. The molecule has 0 spiro atoms. The minimum Gasteiger partial charge on any atom is -0.465 e. The second-order valence-electron chi connectivity index (χ2n) is 6.74. The number of amides is 3. The quantitative estimate of drug-likeness (QED) is 0.627. The molecule has 26 heavy (non-hydrogen) atoms. The van der Waals surface area contributed by atoms with Crippen LogP contribution in [0.5, 0.6) is 0 Å². The van der Waals surface area contributed by atoms with Crippen molar-refractivity contribution < 1.29 is 23.9 Å². The molecule has 0 radical (unpaired) electrons. The minimum absolute atomic E-state index is 0.0431. The zero-order chi connectivity index (χ0) is 18.8. The number of nitrogens with zero attached hydrogens (tertiary/aromatic N) is 1. The second kappa shape index (κ2) is 7.57. The zero-order valence-electron chi connectivity index (χ0n) is 14.9. The first-order valence-corrected chi connectivity index (χ1v) is 9.58.